The van der Waals surface area contributed by atoms with Crippen LogP contribution in [0.2, 0.25) is 0 Å². The molecule has 2 aliphatic heterocycles. The number of rotatable bonds is 5. The highest BCUT2D eigenvalue weighted by molar-refractivity contribution is 7.93. The van der Waals surface area contributed by atoms with Gasteiger partial charge in [0.25, 0.3) is 0 Å². The minimum Gasteiger partial charge on any atom is -0.477 e. The van der Waals surface area contributed by atoms with E-state index in [1.807, 2.05) is 30.5 Å². The van der Waals surface area contributed by atoms with Crippen LogP contribution in [0.1, 0.15) is 12.0 Å². The lowest BCUT2D eigenvalue weighted by atomic mass is 9.83. The quantitative estimate of drug-likeness (QED) is 0.806. The number of hydrogen-bond donors (Lipinski definition) is 0. The summed E-state index contributed by atoms with van der Waals surface area (Å²) in [6, 6.07) is 9.41. The summed E-state index contributed by atoms with van der Waals surface area (Å²) in [4.78, 5) is 10.4. The molecule has 1 spiro atoms. The summed E-state index contributed by atoms with van der Waals surface area (Å²) < 4.78 is 30.5. The maximum Gasteiger partial charge on any atom is 0.213 e. The summed E-state index contributed by atoms with van der Waals surface area (Å²) in [6.45, 7) is 2.27. The zero-order valence-corrected chi connectivity index (χ0v) is 14.7. The fourth-order valence-electron chi connectivity index (χ4n) is 3.90. The van der Waals surface area contributed by atoms with E-state index in [2.05, 4.69) is 14.9 Å². The Morgan fingerprint density at radius 3 is 2.80 bits per heavy atom. The molecule has 1 atom stereocenters. The predicted octanol–water partition coefficient (Wildman–Crippen LogP) is 1.54. The van der Waals surface area contributed by atoms with E-state index in [-0.39, 0.29) is 11.7 Å². The Morgan fingerprint density at radius 2 is 2.08 bits per heavy atom. The zero-order valence-electron chi connectivity index (χ0n) is 13.9. The molecular weight excluding hydrogens is 338 g/mol. The Balaban J connectivity index is 1.43. The van der Waals surface area contributed by atoms with Gasteiger partial charge in [-0.05, 0) is 24.1 Å². The molecule has 7 heteroatoms. The monoisotopic (exact) mass is 359 g/mol. The van der Waals surface area contributed by atoms with Crippen molar-refractivity contribution in [2.45, 2.75) is 17.7 Å². The number of pyridine rings is 2. The second-order valence-electron chi connectivity index (χ2n) is 6.85. The molecule has 2 aromatic rings. The third-order valence-electron chi connectivity index (χ3n) is 5.28. The summed E-state index contributed by atoms with van der Waals surface area (Å²) >= 11 is 0. The van der Waals surface area contributed by atoms with Gasteiger partial charge in [0.2, 0.25) is 5.88 Å². The van der Waals surface area contributed by atoms with Gasteiger partial charge in [-0.15, -0.1) is 0 Å². The number of likely N-dealkylation sites (tertiary alicyclic amines) is 1. The topological polar surface area (TPSA) is 72.4 Å². The molecule has 0 aliphatic carbocycles. The number of sulfone groups is 1. The van der Waals surface area contributed by atoms with Gasteiger partial charge in [0.05, 0.1) is 12.4 Å². The van der Waals surface area contributed by atoms with E-state index in [0.29, 0.717) is 32.0 Å². The highest BCUT2D eigenvalue weighted by Crippen LogP contribution is 2.45. The SMILES string of the molecule is O=S1(=O)CC[C@H](COc2ccccn2)C12CN(Cc1cccnc1)C2. The van der Waals surface area contributed by atoms with E-state index in [1.54, 1.807) is 18.5 Å². The molecule has 6 nitrogen and oxygen atoms in total. The molecule has 0 saturated carbocycles. The van der Waals surface area contributed by atoms with Crippen LogP contribution >= 0.6 is 0 Å². The second kappa shape index (κ2) is 6.38. The third-order valence-corrected chi connectivity index (χ3v) is 7.88. The summed E-state index contributed by atoms with van der Waals surface area (Å²) in [6.07, 6.45) is 5.91. The summed E-state index contributed by atoms with van der Waals surface area (Å²) in [7, 11) is -3.09. The van der Waals surface area contributed by atoms with E-state index in [4.69, 9.17) is 4.74 Å². The Hall–Kier alpha value is -1.99. The maximum absolute atomic E-state index is 12.7. The van der Waals surface area contributed by atoms with Crippen LogP contribution in [-0.4, -0.2) is 53.5 Å². The molecule has 2 saturated heterocycles. The second-order valence-corrected chi connectivity index (χ2v) is 9.31. The highest BCUT2D eigenvalue weighted by Gasteiger charge is 2.61. The lowest BCUT2D eigenvalue weighted by Gasteiger charge is -2.49. The Kier molecular flexibility index (Phi) is 4.21. The fraction of sp³-hybridized carbons (Fsp3) is 0.444. The van der Waals surface area contributed by atoms with Crippen molar-refractivity contribution in [3.05, 3.63) is 54.5 Å². The predicted molar refractivity (Wildman–Crippen MR) is 93.9 cm³/mol. The van der Waals surface area contributed by atoms with E-state index in [1.165, 1.54) is 0 Å². The molecule has 0 amide bonds. The van der Waals surface area contributed by atoms with E-state index < -0.39 is 14.6 Å². The van der Waals surface area contributed by atoms with Gasteiger partial charge in [-0.2, -0.15) is 0 Å². The first-order valence-electron chi connectivity index (χ1n) is 8.46. The molecule has 25 heavy (non-hydrogen) atoms. The lowest BCUT2D eigenvalue weighted by molar-refractivity contribution is 0.0581. The average molecular weight is 359 g/mol. The Morgan fingerprint density at radius 1 is 1.20 bits per heavy atom. The largest absolute Gasteiger partial charge is 0.477 e. The normalized spacial score (nSPS) is 24.1. The van der Waals surface area contributed by atoms with Crippen LogP contribution in [-0.2, 0) is 16.4 Å². The fourth-order valence-corrected chi connectivity index (χ4v) is 6.35. The van der Waals surface area contributed by atoms with Crippen LogP contribution in [0.4, 0.5) is 0 Å². The van der Waals surface area contributed by atoms with Gasteiger partial charge in [0, 0.05) is 50.2 Å². The third kappa shape index (κ3) is 3.02. The minimum atomic E-state index is -3.09. The number of ether oxygens (including phenoxy) is 1. The van der Waals surface area contributed by atoms with Crippen molar-refractivity contribution < 1.29 is 13.2 Å². The summed E-state index contributed by atoms with van der Waals surface area (Å²) in [5.74, 6) is 0.822. The van der Waals surface area contributed by atoms with Gasteiger partial charge in [-0.25, -0.2) is 13.4 Å². The van der Waals surface area contributed by atoms with E-state index >= 15 is 0 Å². The minimum absolute atomic E-state index is 0.0182. The summed E-state index contributed by atoms with van der Waals surface area (Å²) in [5, 5.41) is 0. The molecule has 4 heterocycles. The van der Waals surface area contributed by atoms with E-state index in [9.17, 15) is 8.42 Å². The van der Waals surface area contributed by atoms with Gasteiger partial charge < -0.3 is 4.74 Å². The van der Waals surface area contributed by atoms with Crippen molar-refractivity contribution in [3.8, 4) is 5.88 Å². The Bertz CT molecular complexity index is 821. The molecule has 0 radical (unpaired) electrons. The molecular formula is C18H21N3O3S. The van der Waals surface area contributed by atoms with Crippen molar-refractivity contribution >= 4 is 9.84 Å². The van der Waals surface area contributed by atoms with Gasteiger partial charge in [-0.3, -0.25) is 9.88 Å². The van der Waals surface area contributed by atoms with Crippen molar-refractivity contribution in [1.29, 1.82) is 0 Å². The maximum atomic E-state index is 12.7. The smallest absolute Gasteiger partial charge is 0.213 e. The highest BCUT2D eigenvalue weighted by atomic mass is 32.2. The molecule has 0 N–H and O–H groups in total. The lowest BCUT2D eigenvalue weighted by Crippen LogP contribution is -2.67. The molecule has 0 aromatic carbocycles. The van der Waals surface area contributed by atoms with Crippen molar-refractivity contribution in [2.24, 2.45) is 5.92 Å². The molecule has 2 aliphatic rings. The molecule has 4 rings (SSSR count). The number of hydrogen-bond acceptors (Lipinski definition) is 6. The molecule has 2 aromatic heterocycles. The van der Waals surface area contributed by atoms with Crippen LogP contribution < -0.4 is 4.74 Å². The van der Waals surface area contributed by atoms with Crippen molar-refractivity contribution in [3.63, 3.8) is 0 Å². The first-order valence-corrected chi connectivity index (χ1v) is 10.1. The van der Waals surface area contributed by atoms with Crippen LogP contribution in [0.3, 0.4) is 0 Å². The van der Waals surface area contributed by atoms with Gasteiger partial charge in [-0.1, -0.05) is 12.1 Å². The molecule has 132 valence electrons. The van der Waals surface area contributed by atoms with Crippen LogP contribution in [0.25, 0.3) is 0 Å². The van der Waals surface area contributed by atoms with Gasteiger partial charge in [0.1, 0.15) is 4.75 Å². The first kappa shape index (κ1) is 16.5. The zero-order chi connectivity index (χ0) is 17.3. The van der Waals surface area contributed by atoms with Gasteiger partial charge in [0.15, 0.2) is 9.84 Å². The molecule has 0 bridgehead atoms. The van der Waals surface area contributed by atoms with Crippen molar-refractivity contribution in [1.82, 2.24) is 14.9 Å². The average Bonchev–Trinajstić information content (AvgIpc) is 2.86. The first-order chi connectivity index (χ1) is 12.1. The van der Waals surface area contributed by atoms with Crippen LogP contribution in [0.15, 0.2) is 48.9 Å². The Labute approximate surface area is 147 Å². The van der Waals surface area contributed by atoms with Crippen molar-refractivity contribution in [2.75, 3.05) is 25.4 Å². The number of nitrogens with zero attached hydrogens (tertiary/aromatic N) is 3. The molecule has 0 unspecified atom stereocenters. The summed E-state index contributed by atoms with van der Waals surface area (Å²) in [5.41, 5.74) is 1.11. The van der Waals surface area contributed by atoms with Crippen LogP contribution in [0, 0.1) is 5.92 Å². The van der Waals surface area contributed by atoms with Gasteiger partial charge >= 0.3 is 0 Å². The molecule has 2 fully saturated rings. The van der Waals surface area contributed by atoms with Crippen LogP contribution in [0.5, 0.6) is 5.88 Å². The van der Waals surface area contributed by atoms with E-state index in [0.717, 1.165) is 12.1 Å². The standard InChI is InChI=1S/C18H21N3O3S/c22-25(23)9-6-16(12-24-17-5-1-2-8-20-17)18(25)13-21(14-18)11-15-4-3-7-19-10-15/h1-5,7-8,10,16H,6,9,11-14H2/t16-/m1/s1. The number of aromatic nitrogens is 2.